The van der Waals surface area contributed by atoms with E-state index < -0.39 is 0 Å². The van der Waals surface area contributed by atoms with Crippen LogP contribution >= 0.6 is 0 Å². The van der Waals surface area contributed by atoms with Gasteiger partial charge in [0.1, 0.15) is 5.75 Å². The standard InChI is InChI=1S/C19H24N4O3/c1-26-17-5-2-4-16(14-17)19(25)23-12-10-22(11-13-23)18(24)6-3-8-21-9-7-20-15-21/h2,4-5,7,9,14-15H,3,6,8,10-13H2,1H3. The number of aryl methyl sites for hydroxylation is 1. The third-order valence-corrected chi connectivity index (χ3v) is 4.60. The molecule has 138 valence electrons. The summed E-state index contributed by atoms with van der Waals surface area (Å²) >= 11 is 0. The molecule has 0 atom stereocenters. The Morgan fingerprint density at radius 2 is 1.92 bits per heavy atom. The van der Waals surface area contributed by atoms with Gasteiger partial charge in [0.05, 0.1) is 13.4 Å². The average Bonchev–Trinajstić information content (AvgIpc) is 3.21. The number of carbonyl (C=O) groups excluding carboxylic acids is 2. The van der Waals surface area contributed by atoms with E-state index in [1.165, 1.54) is 0 Å². The Hall–Kier alpha value is -2.83. The summed E-state index contributed by atoms with van der Waals surface area (Å²) < 4.78 is 7.15. The number of methoxy groups -OCH3 is 1. The largest absolute Gasteiger partial charge is 0.497 e. The molecular formula is C19H24N4O3. The van der Waals surface area contributed by atoms with Crippen LogP contribution in [0.4, 0.5) is 0 Å². The number of piperazine rings is 1. The zero-order valence-corrected chi connectivity index (χ0v) is 15.0. The molecule has 0 bridgehead atoms. The first-order chi connectivity index (χ1) is 12.7. The maximum absolute atomic E-state index is 12.6. The smallest absolute Gasteiger partial charge is 0.254 e. The molecule has 7 nitrogen and oxygen atoms in total. The SMILES string of the molecule is COc1cccc(C(=O)N2CCN(C(=O)CCCn3ccnc3)CC2)c1. The molecule has 0 aliphatic carbocycles. The summed E-state index contributed by atoms with van der Waals surface area (Å²) in [4.78, 5) is 32.6. The minimum atomic E-state index is -0.0175. The van der Waals surface area contributed by atoms with Crippen molar-refractivity contribution < 1.29 is 14.3 Å². The Morgan fingerprint density at radius 3 is 2.62 bits per heavy atom. The Bertz CT molecular complexity index is 737. The van der Waals surface area contributed by atoms with Crippen molar-refractivity contribution in [3.8, 4) is 5.75 Å². The Labute approximate surface area is 153 Å². The van der Waals surface area contributed by atoms with Crippen LogP contribution in [-0.2, 0) is 11.3 Å². The van der Waals surface area contributed by atoms with Crippen LogP contribution in [0.15, 0.2) is 43.0 Å². The number of hydrogen-bond donors (Lipinski definition) is 0. The fourth-order valence-corrected chi connectivity index (χ4v) is 3.09. The van der Waals surface area contributed by atoms with Gasteiger partial charge in [-0.05, 0) is 24.6 Å². The van der Waals surface area contributed by atoms with Crippen molar-refractivity contribution in [2.75, 3.05) is 33.3 Å². The van der Waals surface area contributed by atoms with Gasteiger partial charge in [0.2, 0.25) is 5.91 Å². The summed E-state index contributed by atoms with van der Waals surface area (Å²) in [6.07, 6.45) is 6.70. The summed E-state index contributed by atoms with van der Waals surface area (Å²) in [5.74, 6) is 0.803. The maximum Gasteiger partial charge on any atom is 0.254 e. The summed E-state index contributed by atoms with van der Waals surface area (Å²) in [5.41, 5.74) is 0.615. The second-order valence-corrected chi connectivity index (χ2v) is 6.31. The van der Waals surface area contributed by atoms with Gasteiger partial charge < -0.3 is 19.1 Å². The molecule has 0 saturated carbocycles. The van der Waals surface area contributed by atoms with Crippen molar-refractivity contribution >= 4 is 11.8 Å². The third kappa shape index (κ3) is 4.41. The molecule has 1 aliphatic rings. The van der Waals surface area contributed by atoms with E-state index in [1.54, 1.807) is 36.7 Å². The lowest BCUT2D eigenvalue weighted by Gasteiger charge is -2.35. The zero-order valence-electron chi connectivity index (χ0n) is 15.0. The van der Waals surface area contributed by atoms with Gasteiger partial charge in [0, 0.05) is 57.1 Å². The molecule has 0 radical (unpaired) electrons. The van der Waals surface area contributed by atoms with Crippen LogP contribution < -0.4 is 4.74 Å². The van der Waals surface area contributed by atoms with Gasteiger partial charge in [-0.25, -0.2) is 4.98 Å². The van der Waals surface area contributed by atoms with E-state index in [4.69, 9.17) is 4.74 Å². The fraction of sp³-hybridized carbons (Fsp3) is 0.421. The average molecular weight is 356 g/mol. The predicted octanol–water partition coefficient (Wildman–Crippen LogP) is 1.66. The molecule has 1 fully saturated rings. The molecule has 1 aliphatic heterocycles. The number of nitrogens with zero attached hydrogens (tertiary/aromatic N) is 4. The molecule has 0 unspecified atom stereocenters. The van der Waals surface area contributed by atoms with Gasteiger partial charge >= 0.3 is 0 Å². The second kappa shape index (κ2) is 8.51. The summed E-state index contributed by atoms with van der Waals surface area (Å²) in [6.45, 7) is 3.08. The number of imidazole rings is 1. The molecule has 7 heteroatoms. The highest BCUT2D eigenvalue weighted by Gasteiger charge is 2.24. The number of aromatic nitrogens is 2. The van der Waals surface area contributed by atoms with Crippen molar-refractivity contribution in [2.45, 2.75) is 19.4 Å². The van der Waals surface area contributed by atoms with E-state index in [2.05, 4.69) is 4.98 Å². The lowest BCUT2D eigenvalue weighted by Crippen LogP contribution is -2.50. The highest BCUT2D eigenvalue weighted by Crippen LogP contribution is 2.16. The molecule has 2 aromatic rings. The van der Waals surface area contributed by atoms with Crippen molar-refractivity contribution in [3.63, 3.8) is 0 Å². The van der Waals surface area contributed by atoms with Crippen LogP contribution in [-0.4, -0.2) is 64.5 Å². The maximum atomic E-state index is 12.6. The molecule has 0 spiro atoms. The van der Waals surface area contributed by atoms with Crippen molar-refractivity contribution in [2.24, 2.45) is 0 Å². The molecule has 1 saturated heterocycles. The summed E-state index contributed by atoms with van der Waals surface area (Å²) in [7, 11) is 1.58. The van der Waals surface area contributed by atoms with Crippen molar-refractivity contribution in [1.82, 2.24) is 19.4 Å². The minimum Gasteiger partial charge on any atom is -0.497 e. The van der Waals surface area contributed by atoms with Gasteiger partial charge in [0.15, 0.2) is 0 Å². The highest BCUT2D eigenvalue weighted by atomic mass is 16.5. The molecule has 26 heavy (non-hydrogen) atoms. The molecule has 3 rings (SSSR count). The minimum absolute atomic E-state index is 0.0175. The van der Waals surface area contributed by atoms with Gasteiger partial charge in [-0.3, -0.25) is 9.59 Å². The van der Waals surface area contributed by atoms with Crippen LogP contribution in [0, 0.1) is 0 Å². The molecule has 0 N–H and O–H groups in total. The fourth-order valence-electron chi connectivity index (χ4n) is 3.09. The number of ether oxygens (including phenoxy) is 1. The number of rotatable bonds is 6. The summed E-state index contributed by atoms with van der Waals surface area (Å²) in [5, 5.41) is 0. The molecule has 2 amide bonds. The van der Waals surface area contributed by atoms with E-state index in [0.29, 0.717) is 43.9 Å². The lowest BCUT2D eigenvalue weighted by molar-refractivity contribution is -0.132. The molecule has 1 aromatic heterocycles. The van der Waals surface area contributed by atoms with Crippen molar-refractivity contribution in [1.29, 1.82) is 0 Å². The number of benzene rings is 1. The first-order valence-electron chi connectivity index (χ1n) is 8.84. The van der Waals surface area contributed by atoms with Crippen LogP contribution in [0.25, 0.3) is 0 Å². The van der Waals surface area contributed by atoms with E-state index >= 15 is 0 Å². The lowest BCUT2D eigenvalue weighted by atomic mass is 10.1. The van der Waals surface area contributed by atoms with Crippen LogP contribution in [0.3, 0.4) is 0 Å². The number of hydrogen-bond acceptors (Lipinski definition) is 4. The third-order valence-electron chi connectivity index (χ3n) is 4.60. The second-order valence-electron chi connectivity index (χ2n) is 6.31. The Balaban J connectivity index is 1.45. The van der Waals surface area contributed by atoms with Gasteiger partial charge in [-0.15, -0.1) is 0 Å². The van der Waals surface area contributed by atoms with Gasteiger partial charge in [0.25, 0.3) is 5.91 Å². The van der Waals surface area contributed by atoms with E-state index in [0.717, 1.165) is 13.0 Å². The predicted molar refractivity (Wildman–Crippen MR) is 96.9 cm³/mol. The first-order valence-corrected chi connectivity index (χ1v) is 8.84. The first kappa shape index (κ1) is 18.0. The monoisotopic (exact) mass is 356 g/mol. The normalized spacial score (nSPS) is 14.3. The molecular weight excluding hydrogens is 332 g/mol. The van der Waals surface area contributed by atoms with Gasteiger partial charge in [-0.2, -0.15) is 0 Å². The number of carbonyl (C=O) groups is 2. The van der Waals surface area contributed by atoms with Crippen LogP contribution in [0.1, 0.15) is 23.2 Å². The topological polar surface area (TPSA) is 67.7 Å². The van der Waals surface area contributed by atoms with Crippen molar-refractivity contribution in [3.05, 3.63) is 48.5 Å². The molecule has 1 aromatic carbocycles. The van der Waals surface area contributed by atoms with E-state index in [9.17, 15) is 9.59 Å². The highest BCUT2D eigenvalue weighted by molar-refractivity contribution is 5.94. The van der Waals surface area contributed by atoms with E-state index in [-0.39, 0.29) is 11.8 Å². The summed E-state index contributed by atoms with van der Waals surface area (Å²) in [6, 6.07) is 7.16. The van der Waals surface area contributed by atoms with E-state index in [1.807, 2.05) is 27.8 Å². The van der Waals surface area contributed by atoms with Crippen LogP contribution in [0.2, 0.25) is 0 Å². The Kier molecular flexibility index (Phi) is 5.88. The number of amides is 2. The van der Waals surface area contributed by atoms with Crippen LogP contribution in [0.5, 0.6) is 5.75 Å². The quantitative estimate of drug-likeness (QED) is 0.789. The zero-order chi connectivity index (χ0) is 18.4. The molecule has 2 heterocycles. The van der Waals surface area contributed by atoms with Gasteiger partial charge in [-0.1, -0.05) is 6.07 Å². The Morgan fingerprint density at radius 1 is 1.15 bits per heavy atom.